The Morgan fingerprint density at radius 1 is 1.00 bits per heavy atom. The van der Waals surface area contributed by atoms with Crippen molar-refractivity contribution in [3.63, 3.8) is 0 Å². The molecule has 0 aromatic heterocycles. The van der Waals surface area contributed by atoms with Crippen LogP contribution < -0.4 is 0 Å². The van der Waals surface area contributed by atoms with Crippen LogP contribution in [0, 0.1) is 17.8 Å². The molecule has 4 rings (SSSR count). The molecular weight excluding hydrogens is 377 g/mol. The van der Waals surface area contributed by atoms with Gasteiger partial charge in [0.25, 0.3) is 0 Å². The van der Waals surface area contributed by atoms with Crippen LogP contribution in [0.2, 0.25) is 7.25 Å². The molecule has 0 radical (unpaired) electrons. The summed E-state index contributed by atoms with van der Waals surface area (Å²) < 4.78 is 2.76. The fourth-order valence-electron chi connectivity index (χ4n) is 4.86. The van der Waals surface area contributed by atoms with Gasteiger partial charge in [-0.15, -0.1) is 0 Å². The molecule has 4 aliphatic rings. The average molecular weight is 402 g/mol. The summed E-state index contributed by atoms with van der Waals surface area (Å²) >= 11 is -0.257. The summed E-state index contributed by atoms with van der Waals surface area (Å²) in [5, 5.41) is 0. The first kappa shape index (κ1) is 11.0. The van der Waals surface area contributed by atoms with Crippen LogP contribution in [0.4, 0.5) is 0 Å². The van der Waals surface area contributed by atoms with Crippen LogP contribution >= 0.6 is 0 Å². The number of unbranched alkanes of at least 4 members (excludes halogenated alkanes) is 1. The molecule has 4 saturated carbocycles. The molecule has 0 aromatic carbocycles. The van der Waals surface area contributed by atoms with E-state index in [0.29, 0.717) is 0 Å². The van der Waals surface area contributed by atoms with Crippen LogP contribution in [0.15, 0.2) is 0 Å². The zero-order valence-corrected chi connectivity index (χ0v) is 14.0. The van der Waals surface area contributed by atoms with Crippen molar-refractivity contribution in [3.8, 4) is 0 Å². The summed E-state index contributed by atoms with van der Waals surface area (Å²) in [5.41, 5.74) is 0. The second kappa shape index (κ2) is 4.28. The first-order valence-electron chi connectivity index (χ1n) is 7.05. The van der Waals surface area contributed by atoms with Crippen molar-refractivity contribution in [1.29, 1.82) is 0 Å². The number of hydrogen-bond donors (Lipinski definition) is 0. The van der Waals surface area contributed by atoms with Gasteiger partial charge in [-0.2, -0.15) is 0 Å². The molecule has 4 fully saturated rings. The van der Waals surface area contributed by atoms with Gasteiger partial charge in [-0.1, -0.05) is 0 Å². The van der Waals surface area contributed by atoms with E-state index in [4.69, 9.17) is 0 Å². The molecule has 0 N–H and O–H groups in total. The maximum absolute atomic E-state index is 2.36. The molecule has 0 heterocycles. The number of hydrogen-bond acceptors (Lipinski definition) is 0. The fraction of sp³-hybridized carbons (Fsp3) is 1.00. The van der Waals surface area contributed by atoms with E-state index in [-0.39, 0.29) is 23.2 Å². The summed E-state index contributed by atoms with van der Waals surface area (Å²) in [6, 6.07) is 0. The predicted octanol–water partition coefficient (Wildman–Crippen LogP) is 4.03. The standard InChI is InChI=1S/C10H15.C4H9.Bi.H/c1-7-2-9-4-8(1)5-10(3-7)6-9;1-3-4-2;;/h7-9H,1-6H2;1,3-4H2,2H3;;. The molecule has 0 amide bonds. The Morgan fingerprint density at radius 3 is 2.00 bits per heavy atom. The van der Waals surface area contributed by atoms with Gasteiger partial charge in [-0.25, -0.2) is 0 Å². The summed E-state index contributed by atoms with van der Waals surface area (Å²) in [7, 11) is 0. The van der Waals surface area contributed by atoms with Crippen molar-refractivity contribution in [1.82, 2.24) is 0 Å². The molecule has 1 heteroatoms. The van der Waals surface area contributed by atoms with E-state index >= 15 is 0 Å². The Balaban J connectivity index is 1.65. The van der Waals surface area contributed by atoms with E-state index in [1.54, 1.807) is 49.1 Å². The Labute approximate surface area is 106 Å². The Morgan fingerprint density at radius 2 is 1.53 bits per heavy atom. The molecule has 86 valence electrons. The number of rotatable bonds is 4. The van der Waals surface area contributed by atoms with E-state index in [9.17, 15) is 0 Å². The molecule has 0 nitrogen and oxygen atoms in total. The van der Waals surface area contributed by atoms with Crippen molar-refractivity contribution in [2.75, 3.05) is 0 Å². The molecule has 0 spiro atoms. The van der Waals surface area contributed by atoms with Gasteiger partial charge in [0.2, 0.25) is 0 Å². The summed E-state index contributed by atoms with van der Waals surface area (Å²) in [6.45, 7) is 2.36. The predicted molar refractivity (Wildman–Crippen MR) is 67.7 cm³/mol. The van der Waals surface area contributed by atoms with Gasteiger partial charge in [-0.05, 0) is 0 Å². The van der Waals surface area contributed by atoms with E-state index < -0.39 is 0 Å². The van der Waals surface area contributed by atoms with Crippen LogP contribution in [0.1, 0.15) is 58.3 Å². The van der Waals surface area contributed by atoms with Crippen molar-refractivity contribution in [3.05, 3.63) is 0 Å². The molecular formula is C14H25Bi. The van der Waals surface area contributed by atoms with E-state index in [1.807, 2.05) is 0 Å². The molecule has 15 heavy (non-hydrogen) atoms. The fourth-order valence-corrected chi connectivity index (χ4v) is 14.0. The first-order chi connectivity index (χ1) is 7.30. The van der Waals surface area contributed by atoms with Crippen molar-refractivity contribution >= 4 is 23.2 Å². The van der Waals surface area contributed by atoms with Crippen molar-refractivity contribution in [2.24, 2.45) is 17.8 Å². The Bertz CT molecular complexity index is 198. The maximum atomic E-state index is 2.36. The first-order valence-corrected chi connectivity index (χ1v) is 11.7. The van der Waals surface area contributed by atoms with Crippen LogP contribution in [0.25, 0.3) is 0 Å². The second-order valence-electron chi connectivity index (χ2n) is 6.48. The SMILES string of the molecule is CCC[CH2][BiH][C]12CC3CC(CC(C3)C1)C2. The van der Waals surface area contributed by atoms with Gasteiger partial charge < -0.3 is 0 Å². The van der Waals surface area contributed by atoms with Gasteiger partial charge in [0.05, 0.1) is 0 Å². The zero-order valence-electron chi connectivity index (χ0n) is 10.1. The summed E-state index contributed by atoms with van der Waals surface area (Å²) in [5.74, 6) is 3.60. The third kappa shape index (κ3) is 2.15. The van der Waals surface area contributed by atoms with Crippen LogP contribution in [0.3, 0.4) is 0 Å². The van der Waals surface area contributed by atoms with Gasteiger partial charge in [0, 0.05) is 0 Å². The third-order valence-electron chi connectivity index (χ3n) is 5.07. The molecule has 4 bridgehead atoms. The molecule has 0 unspecified atom stereocenters. The van der Waals surface area contributed by atoms with Crippen LogP contribution in [-0.4, -0.2) is 23.2 Å². The van der Waals surface area contributed by atoms with Crippen LogP contribution in [-0.2, 0) is 0 Å². The van der Waals surface area contributed by atoms with Crippen molar-refractivity contribution < 1.29 is 0 Å². The van der Waals surface area contributed by atoms with Gasteiger partial charge in [-0.3, -0.25) is 0 Å². The van der Waals surface area contributed by atoms with Gasteiger partial charge in [0.15, 0.2) is 0 Å². The average Bonchev–Trinajstić information content (AvgIpc) is 2.15. The van der Waals surface area contributed by atoms with Crippen molar-refractivity contribution in [2.45, 2.75) is 65.5 Å². The topological polar surface area (TPSA) is 0 Å². The molecule has 0 saturated heterocycles. The third-order valence-corrected chi connectivity index (χ3v) is 12.7. The van der Waals surface area contributed by atoms with Gasteiger partial charge >= 0.3 is 107 Å². The summed E-state index contributed by atoms with van der Waals surface area (Å²) in [6.07, 6.45) is 13.0. The van der Waals surface area contributed by atoms with E-state index in [2.05, 4.69) is 6.92 Å². The zero-order chi connectivity index (χ0) is 10.3. The minimum atomic E-state index is -0.257. The summed E-state index contributed by atoms with van der Waals surface area (Å²) in [4.78, 5) is 0. The normalized spacial score (nSPS) is 47.4. The molecule has 4 aliphatic carbocycles. The molecule has 0 aromatic rings. The quantitative estimate of drug-likeness (QED) is 0.492. The second-order valence-corrected chi connectivity index (χ2v) is 13.9. The minimum absolute atomic E-state index is 0.257. The van der Waals surface area contributed by atoms with E-state index in [1.165, 1.54) is 24.2 Å². The van der Waals surface area contributed by atoms with E-state index in [0.717, 1.165) is 3.12 Å². The Hall–Kier alpha value is 0.883. The van der Waals surface area contributed by atoms with Gasteiger partial charge in [0.1, 0.15) is 0 Å². The monoisotopic (exact) mass is 402 g/mol. The van der Waals surface area contributed by atoms with Crippen LogP contribution in [0.5, 0.6) is 0 Å². The molecule has 0 aliphatic heterocycles. The molecule has 0 atom stereocenters. The Kier molecular flexibility index (Phi) is 3.14.